The average molecular weight is 288 g/mol. The molecule has 0 spiro atoms. The average Bonchev–Trinajstić information content (AvgIpc) is 2.35. The lowest BCUT2D eigenvalue weighted by molar-refractivity contribution is -0.116. The number of nitrogens with one attached hydrogen (secondary N) is 1. The Labute approximate surface area is 109 Å². The SMILES string of the molecule is COc1cc(C(=O)O)ccc1S(=O)(=O)NCC(N)=O. The van der Waals surface area contributed by atoms with E-state index < -0.39 is 28.4 Å². The fraction of sp³-hybridized carbons (Fsp3) is 0.200. The highest BCUT2D eigenvalue weighted by Gasteiger charge is 2.21. The molecule has 0 bridgehead atoms. The standard InChI is InChI=1S/C10H12N2O6S/c1-18-7-4-6(10(14)15)2-3-8(7)19(16,17)12-5-9(11)13/h2-4,12H,5H2,1H3,(H2,11,13)(H,14,15). The first kappa shape index (κ1) is 14.9. The van der Waals surface area contributed by atoms with Crippen molar-refractivity contribution in [1.82, 2.24) is 4.72 Å². The van der Waals surface area contributed by atoms with Crippen LogP contribution in [0.5, 0.6) is 5.75 Å². The number of ether oxygens (including phenoxy) is 1. The highest BCUT2D eigenvalue weighted by Crippen LogP contribution is 2.24. The summed E-state index contributed by atoms with van der Waals surface area (Å²) in [5.74, 6) is -2.20. The van der Waals surface area contributed by atoms with E-state index >= 15 is 0 Å². The number of sulfonamides is 1. The van der Waals surface area contributed by atoms with Crippen molar-refractivity contribution in [3.05, 3.63) is 23.8 Å². The van der Waals surface area contributed by atoms with Crippen molar-refractivity contribution in [3.63, 3.8) is 0 Å². The lowest BCUT2D eigenvalue weighted by atomic mass is 10.2. The van der Waals surface area contributed by atoms with Crippen LogP contribution in [-0.2, 0) is 14.8 Å². The Morgan fingerprint density at radius 2 is 2.05 bits per heavy atom. The van der Waals surface area contributed by atoms with Crippen molar-refractivity contribution in [2.45, 2.75) is 4.90 Å². The number of carboxylic acids is 1. The lowest BCUT2D eigenvalue weighted by Gasteiger charge is -2.10. The van der Waals surface area contributed by atoms with Crippen molar-refractivity contribution in [2.75, 3.05) is 13.7 Å². The van der Waals surface area contributed by atoms with Gasteiger partial charge in [0.25, 0.3) is 0 Å². The molecule has 0 aliphatic heterocycles. The van der Waals surface area contributed by atoms with E-state index in [1.807, 2.05) is 4.72 Å². The molecule has 0 radical (unpaired) electrons. The molecule has 0 saturated heterocycles. The van der Waals surface area contributed by atoms with Crippen LogP contribution in [0.4, 0.5) is 0 Å². The van der Waals surface area contributed by atoms with Gasteiger partial charge in [-0.25, -0.2) is 17.9 Å². The Bertz CT molecular complexity index is 610. The lowest BCUT2D eigenvalue weighted by Crippen LogP contribution is -2.33. The van der Waals surface area contributed by atoms with Gasteiger partial charge in [-0.2, -0.15) is 0 Å². The normalized spacial score (nSPS) is 11.0. The van der Waals surface area contributed by atoms with Crippen LogP contribution in [0.2, 0.25) is 0 Å². The van der Waals surface area contributed by atoms with Gasteiger partial charge in [0, 0.05) is 0 Å². The minimum atomic E-state index is -4.01. The number of hydrogen-bond acceptors (Lipinski definition) is 5. The van der Waals surface area contributed by atoms with E-state index in [-0.39, 0.29) is 16.2 Å². The van der Waals surface area contributed by atoms with E-state index in [4.69, 9.17) is 15.6 Å². The second kappa shape index (κ2) is 5.67. The molecule has 0 aliphatic rings. The Kier molecular flexibility index (Phi) is 4.46. The fourth-order valence-electron chi connectivity index (χ4n) is 1.27. The first-order valence-electron chi connectivity index (χ1n) is 4.97. The predicted octanol–water partition coefficient (Wildman–Crippen LogP) is -0.843. The molecular weight excluding hydrogens is 276 g/mol. The third-order valence-corrected chi connectivity index (χ3v) is 3.58. The summed E-state index contributed by atoms with van der Waals surface area (Å²) >= 11 is 0. The van der Waals surface area contributed by atoms with Gasteiger partial charge >= 0.3 is 5.97 Å². The van der Waals surface area contributed by atoms with E-state index in [0.29, 0.717) is 0 Å². The number of amides is 1. The van der Waals surface area contributed by atoms with Gasteiger partial charge in [-0.3, -0.25) is 4.79 Å². The molecule has 1 rings (SSSR count). The molecule has 0 fully saturated rings. The fourth-order valence-corrected chi connectivity index (χ4v) is 2.41. The Morgan fingerprint density at radius 1 is 1.42 bits per heavy atom. The molecule has 1 aromatic carbocycles. The van der Waals surface area contributed by atoms with Crippen LogP contribution >= 0.6 is 0 Å². The first-order valence-corrected chi connectivity index (χ1v) is 6.45. The molecule has 19 heavy (non-hydrogen) atoms. The van der Waals surface area contributed by atoms with Gasteiger partial charge in [-0.05, 0) is 18.2 Å². The smallest absolute Gasteiger partial charge is 0.335 e. The zero-order valence-corrected chi connectivity index (χ0v) is 10.7. The van der Waals surface area contributed by atoms with E-state index in [2.05, 4.69) is 0 Å². The van der Waals surface area contributed by atoms with Crippen LogP contribution in [-0.4, -0.2) is 39.1 Å². The molecule has 0 unspecified atom stereocenters. The third-order valence-electron chi connectivity index (χ3n) is 2.14. The Hall–Kier alpha value is -2.13. The zero-order valence-electron chi connectivity index (χ0n) is 9.91. The summed E-state index contributed by atoms with van der Waals surface area (Å²) < 4.78 is 30.5. The zero-order chi connectivity index (χ0) is 14.6. The molecule has 4 N–H and O–H groups in total. The number of hydrogen-bond donors (Lipinski definition) is 3. The van der Waals surface area contributed by atoms with Crippen molar-refractivity contribution in [1.29, 1.82) is 0 Å². The van der Waals surface area contributed by atoms with Crippen LogP contribution in [0, 0.1) is 0 Å². The summed E-state index contributed by atoms with van der Waals surface area (Å²) in [4.78, 5) is 21.0. The molecule has 0 atom stereocenters. The quantitative estimate of drug-likeness (QED) is 0.624. The van der Waals surface area contributed by atoms with Crippen molar-refractivity contribution in [2.24, 2.45) is 5.73 Å². The van der Waals surface area contributed by atoms with E-state index in [0.717, 1.165) is 18.2 Å². The minimum Gasteiger partial charge on any atom is -0.495 e. The van der Waals surface area contributed by atoms with E-state index in [9.17, 15) is 18.0 Å². The van der Waals surface area contributed by atoms with Gasteiger partial charge in [-0.15, -0.1) is 0 Å². The molecule has 1 aromatic rings. The molecule has 0 heterocycles. The summed E-state index contributed by atoms with van der Waals surface area (Å²) in [6.45, 7) is -0.563. The van der Waals surface area contributed by atoms with Crippen LogP contribution in [0.25, 0.3) is 0 Å². The second-order valence-electron chi connectivity index (χ2n) is 3.46. The van der Waals surface area contributed by atoms with E-state index in [1.54, 1.807) is 0 Å². The summed E-state index contributed by atoms with van der Waals surface area (Å²) in [6.07, 6.45) is 0. The van der Waals surface area contributed by atoms with Crippen LogP contribution < -0.4 is 15.2 Å². The van der Waals surface area contributed by atoms with Crippen molar-refractivity contribution >= 4 is 21.9 Å². The van der Waals surface area contributed by atoms with Crippen LogP contribution in [0.15, 0.2) is 23.1 Å². The van der Waals surface area contributed by atoms with E-state index in [1.165, 1.54) is 7.11 Å². The van der Waals surface area contributed by atoms with Crippen molar-refractivity contribution < 1.29 is 27.9 Å². The van der Waals surface area contributed by atoms with Crippen molar-refractivity contribution in [3.8, 4) is 5.75 Å². The third kappa shape index (κ3) is 3.66. The number of primary amides is 1. The highest BCUT2D eigenvalue weighted by atomic mass is 32.2. The molecular formula is C10H12N2O6S. The Balaban J connectivity index is 3.19. The number of carbonyl (C=O) groups excluding carboxylic acids is 1. The number of rotatable bonds is 6. The van der Waals surface area contributed by atoms with Gasteiger partial charge in [-0.1, -0.05) is 0 Å². The molecule has 1 amide bonds. The number of nitrogens with two attached hydrogens (primary N) is 1. The number of benzene rings is 1. The number of methoxy groups -OCH3 is 1. The number of aromatic carboxylic acids is 1. The van der Waals surface area contributed by atoms with Gasteiger partial charge in [0.2, 0.25) is 15.9 Å². The maximum atomic E-state index is 11.9. The molecule has 0 aliphatic carbocycles. The molecule has 104 valence electrons. The summed E-state index contributed by atoms with van der Waals surface area (Å²) in [6, 6.07) is 3.26. The first-order chi connectivity index (χ1) is 8.77. The molecule has 8 nitrogen and oxygen atoms in total. The van der Waals surface area contributed by atoms with Gasteiger partial charge in [0.1, 0.15) is 10.6 Å². The topological polar surface area (TPSA) is 136 Å². The minimum absolute atomic E-state index is 0.120. The second-order valence-corrected chi connectivity index (χ2v) is 5.20. The van der Waals surface area contributed by atoms with Crippen LogP contribution in [0.3, 0.4) is 0 Å². The molecule has 0 aromatic heterocycles. The maximum absolute atomic E-state index is 11.9. The number of carboxylic acid groups (broad SMARTS) is 1. The summed E-state index contributed by atoms with van der Waals surface area (Å²) in [7, 11) is -2.81. The predicted molar refractivity (Wildman–Crippen MR) is 64.3 cm³/mol. The maximum Gasteiger partial charge on any atom is 0.335 e. The number of carbonyl (C=O) groups is 2. The van der Waals surface area contributed by atoms with Gasteiger partial charge in [0.15, 0.2) is 0 Å². The van der Waals surface area contributed by atoms with Gasteiger partial charge < -0.3 is 15.6 Å². The molecule has 9 heteroatoms. The summed E-state index contributed by atoms with van der Waals surface area (Å²) in [5, 5.41) is 8.79. The monoisotopic (exact) mass is 288 g/mol. The largest absolute Gasteiger partial charge is 0.495 e. The van der Waals surface area contributed by atoms with Crippen LogP contribution in [0.1, 0.15) is 10.4 Å². The van der Waals surface area contributed by atoms with Gasteiger partial charge in [0.05, 0.1) is 19.2 Å². The summed E-state index contributed by atoms with van der Waals surface area (Å²) in [5.41, 5.74) is 4.72. The molecule has 0 saturated carbocycles. The Morgan fingerprint density at radius 3 is 2.53 bits per heavy atom. The highest BCUT2D eigenvalue weighted by molar-refractivity contribution is 7.89.